The molecule has 1 atom stereocenters. The quantitative estimate of drug-likeness (QED) is 0.819. The van der Waals surface area contributed by atoms with E-state index in [0.29, 0.717) is 38.4 Å². The van der Waals surface area contributed by atoms with Gasteiger partial charge in [0.05, 0.1) is 5.41 Å². The van der Waals surface area contributed by atoms with Crippen molar-refractivity contribution in [3.63, 3.8) is 0 Å². The molecule has 28 heavy (non-hydrogen) atoms. The van der Waals surface area contributed by atoms with E-state index in [4.69, 9.17) is 0 Å². The summed E-state index contributed by atoms with van der Waals surface area (Å²) >= 11 is 0. The molecule has 2 saturated heterocycles. The summed E-state index contributed by atoms with van der Waals surface area (Å²) in [5.41, 5.74) is -0.568. The number of nitrogens with zero attached hydrogens (tertiary/aromatic N) is 6. The first-order valence-corrected chi connectivity index (χ1v) is 9.80. The van der Waals surface area contributed by atoms with E-state index in [2.05, 4.69) is 24.8 Å². The SMILES string of the molecule is O=C(N1CCN(c2ccccn2)CC1)C1(CCO)CCN(c2ncccn2)C1. The zero-order chi connectivity index (χ0) is 19.4. The maximum atomic E-state index is 13.4. The van der Waals surface area contributed by atoms with Crippen molar-refractivity contribution in [1.29, 1.82) is 0 Å². The normalized spacial score (nSPS) is 22.5. The Hall–Kier alpha value is -2.74. The first-order valence-electron chi connectivity index (χ1n) is 9.80. The predicted octanol–water partition coefficient (Wildman–Crippen LogP) is 0.799. The number of piperazine rings is 1. The van der Waals surface area contributed by atoms with Crippen molar-refractivity contribution in [3.05, 3.63) is 42.9 Å². The van der Waals surface area contributed by atoms with Crippen LogP contribution in [-0.4, -0.2) is 76.7 Å². The number of anilines is 2. The number of carbonyl (C=O) groups excluding carboxylic acids is 1. The summed E-state index contributed by atoms with van der Waals surface area (Å²) in [6, 6.07) is 7.67. The van der Waals surface area contributed by atoms with Crippen LogP contribution in [0.15, 0.2) is 42.9 Å². The first-order chi connectivity index (χ1) is 13.7. The third kappa shape index (κ3) is 3.64. The van der Waals surface area contributed by atoms with Crippen LogP contribution < -0.4 is 9.80 Å². The van der Waals surface area contributed by atoms with E-state index >= 15 is 0 Å². The van der Waals surface area contributed by atoms with E-state index in [1.54, 1.807) is 24.7 Å². The molecule has 148 valence electrons. The zero-order valence-corrected chi connectivity index (χ0v) is 15.9. The second-order valence-electron chi connectivity index (χ2n) is 7.44. The van der Waals surface area contributed by atoms with Gasteiger partial charge in [0.25, 0.3) is 0 Å². The van der Waals surface area contributed by atoms with Gasteiger partial charge in [-0.3, -0.25) is 4.79 Å². The molecule has 1 amide bonds. The molecule has 1 N–H and O–H groups in total. The third-order valence-corrected chi connectivity index (χ3v) is 5.77. The number of aromatic nitrogens is 3. The number of aliphatic hydroxyl groups is 1. The maximum absolute atomic E-state index is 13.4. The minimum absolute atomic E-state index is 0.00310. The minimum atomic E-state index is -0.568. The zero-order valence-electron chi connectivity index (χ0n) is 15.9. The van der Waals surface area contributed by atoms with Crippen molar-refractivity contribution in [1.82, 2.24) is 19.9 Å². The van der Waals surface area contributed by atoms with Gasteiger partial charge < -0.3 is 19.8 Å². The Balaban J connectivity index is 1.43. The Kier molecular flexibility index (Phi) is 5.38. The Morgan fingerprint density at radius 3 is 2.39 bits per heavy atom. The number of amides is 1. The summed E-state index contributed by atoms with van der Waals surface area (Å²) < 4.78 is 0. The summed E-state index contributed by atoms with van der Waals surface area (Å²) in [5.74, 6) is 1.74. The van der Waals surface area contributed by atoms with Crippen molar-refractivity contribution in [2.24, 2.45) is 5.41 Å². The topological polar surface area (TPSA) is 85.7 Å². The molecular weight excluding hydrogens is 356 g/mol. The van der Waals surface area contributed by atoms with Gasteiger partial charge in [-0.1, -0.05) is 6.07 Å². The molecule has 8 heteroatoms. The van der Waals surface area contributed by atoms with Gasteiger partial charge in [0.2, 0.25) is 11.9 Å². The summed E-state index contributed by atoms with van der Waals surface area (Å²) in [4.78, 5) is 32.7. The van der Waals surface area contributed by atoms with E-state index in [1.807, 2.05) is 23.1 Å². The largest absolute Gasteiger partial charge is 0.396 e. The highest BCUT2D eigenvalue weighted by Crippen LogP contribution is 2.37. The number of hydrogen-bond acceptors (Lipinski definition) is 7. The molecule has 0 aliphatic carbocycles. The number of aliphatic hydroxyl groups excluding tert-OH is 1. The summed E-state index contributed by atoms with van der Waals surface area (Å²) in [6.45, 7) is 4.16. The third-order valence-electron chi connectivity index (χ3n) is 5.77. The van der Waals surface area contributed by atoms with Crippen molar-refractivity contribution >= 4 is 17.7 Å². The summed E-state index contributed by atoms with van der Waals surface area (Å²) in [7, 11) is 0. The number of carbonyl (C=O) groups is 1. The van der Waals surface area contributed by atoms with Crippen LogP contribution in [0.4, 0.5) is 11.8 Å². The fraction of sp³-hybridized carbons (Fsp3) is 0.500. The Bertz CT molecular complexity index is 782. The molecule has 0 spiro atoms. The molecule has 4 rings (SSSR count). The fourth-order valence-electron chi connectivity index (χ4n) is 4.21. The van der Waals surface area contributed by atoms with E-state index in [1.165, 1.54) is 0 Å². The molecule has 2 aliphatic rings. The molecule has 2 aliphatic heterocycles. The van der Waals surface area contributed by atoms with Crippen LogP contribution >= 0.6 is 0 Å². The van der Waals surface area contributed by atoms with Crippen LogP contribution in [0.25, 0.3) is 0 Å². The van der Waals surface area contributed by atoms with Crippen molar-refractivity contribution in [3.8, 4) is 0 Å². The van der Waals surface area contributed by atoms with Crippen LogP contribution in [0.3, 0.4) is 0 Å². The van der Waals surface area contributed by atoms with Crippen LogP contribution in [0.2, 0.25) is 0 Å². The van der Waals surface area contributed by atoms with Gasteiger partial charge in [-0.25, -0.2) is 15.0 Å². The Morgan fingerprint density at radius 1 is 0.964 bits per heavy atom. The monoisotopic (exact) mass is 382 g/mol. The van der Waals surface area contributed by atoms with Crippen molar-refractivity contribution < 1.29 is 9.90 Å². The molecular formula is C20H26N6O2. The standard InChI is InChI=1S/C20H26N6O2/c27-15-6-20(5-10-26(16-20)19-22-8-3-9-23-19)18(28)25-13-11-24(12-14-25)17-4-1-2-7-21-17/h1-4,7-9,27H,5-6,10-16H2. The van der Waals surface area contributed by atoms with E-state index in [0.717, 1.165) is 25.5 Å². The van der Waals surface area contributed by atoms with Crippen LogP contribution in [-0.2, 0) is 4.79 Å². The highest BCUT2D eigenvalue weighted by Gasteiger charge is 2.47. The first kappa shape index (κ1) is 18.6. The van der Waals surface area contributed by atoms with Gasteiger partial charge in [-0.2, -0.15) is 0 Å². The number of pyridine rings is 1. The smallest absolute Gasteiger partial charge is 0.230 e. The lowest BCUT2D eigenvalue weighted by Gasteiger charge is -2.40. The lowest BCUT2D eigenvalue weighted by molar-refractivity contribution is -0.142. The van der Waals surface area contributed by atoms with Crippen LogP contribution in [0.1, 0.15) is 12.8 Å². The second-order valence-corrected chi connectivity index (χ2v) is 7.44. The molecule has 2 aromatic heterocycles. The average molecular weight is 382 g/mol. The van der Waals surface area contributed by atoms with Crippen molar-refractivity contribution in [2.45, 2.75) is 12.8 Å². The number of rotatable bonds is 5. The molecule has 0 aromatic carbocycles. The molecule has 2 aromatic rings. The summed E-state index contributed by atoms with van der Waals surface area (Å²) in [5, 5.41) is 9.65. The lowest BCUT2D eigenvalue weighted by atomic mass is 9.82. The van der Waals surface area contributed by atoms with Gasteiger partial charge in [0.1, 0.15) is 5.82 Å². The van der Waals surface area contributed by atoms with Gasteiger partial charge in [-0.05, 0) is 31.0 Å². The molecule has 0 bridgehead atoms. The molecule has 0 saturated carbocycles. The molecule has 0 radical (unpaired) electrons. The van der Waals surface area contributed by atoms with Gasteiger partial charge in [0.15, 0.2) is 0 Å². The molecule has 2 fully saturated rings. The Morgan fingerprint density at radius 2 is 1.71 bits per heavy atom. The molecule has 1 unspecified atom stereocenters. The fourth-order valence-corrected chi connectivity index (χ4v) is 4.21. The van der Waals surface area contributed by atoms with Gasteiger partial charge in [0, 0.05) is 64.5 Å². The van der Waals surface area contributed by atoms with Crippen LogP contribution in [0, 0.1) is 5.41 Å². The maximum Gasteiger partial charge on any atom is 0.230 e. The Labute approximate surface area is 164 Å². The van der Waals surface area contributed by atoms with Crippen molar-refractivity contribution in [2.75, 3.05) is 55.7 Å². The predicted molar refractivity (Wildman–Crippen MR) is 106 cm³/mol. The summed E-state index contributed by atoms with van der Waals surface area (Å²) in [6.07, 6.45) is 6.41. The minimum Gasteiger partial charge on any atom is -0.396 e. The molecule has 8 nitrogen and oxygen atoms in total. The van der Waals surface area contributed by atoms with Gasteiger partial charge >= 0.3 is 0 Å². The second kappa shape index (κ2) is 8.10. The van der Waals surface area contributed by atoms with E-state index in [-0.39, 0.29) is 12.5 Å². The average Bonchev–Trinajstić information content (AvgIpc) is 3.20. The van der Waals surface area contributed by atoms with Gasteiger partial charge in [-0.15, -0.1) is 0 Å². The van der Waals surface area contributed by atoms with E-state index in [9.17, 15) is 9.90 Å². The highest BCUT2D eigenvalue weighted by molar-refractivity contribution is 5.84. The molecule has 4 heterocycles. The number of hydrogen-bond donors (Lipinski definition) is 1. The highest BCUT2D eigenvalue weighted by atomic mass is 16.3. The van der Waals surface area contributed by atoms with E-state index < -0.39 is 5.41 Å². The lowest BCUT2D eigenvalue weighted by Crippen LogP contribution is -2.54. The van der Waals surface area contributed by atoms with Crippen LogP contribution in [0.5, 0.6) is 0 Å².